The zero-order valence-corrected chi connectivity index (χ0v) is 10.9. The van der Waals surface area contributed by atoms with E-state index in [0.717, 1.165) is 11.8 Å². The number of hydrogen-bond acceptors (Lipinski definition) is 2. The molecule has 1 aliphatic carbocycles. The van der Waals surface area contributed by atoms with Gasteiger partial charge in [-0.15, -0.1) is 0 Å². The molecule has 14 heavy (non-hydrogen) atoms. The van der Waals surface area contributed by atoms with E-state index < -0.39 is 10.0 Å². The maximum absolute atomic E-state index is 10.9. The van der Waals surface area contributed by atoms with E-state index >= 15 is 0 Å². The molecule has 2 atom stereocenters. The molecule has 3 nitrogen and oxygen atoms in total. The summed E-state index contributed by atoms with van der Waals surface area (Å²) in [6.07, 6.45) is 6.12. The molecule has 2 unspecified atom stereocenters. The van der Waals surface area contributed by atoms with Crippen LogP contribution in [0.2, 0.25) is 0 Å². The highest BCUT2D eigenvalue weighted by molar-refractivity contribution is 9.09. The summed E-state index contributed by atoms with van der Waals surface area (Å²) in [6, 6.07) is 0. The summed E-state index contributed by atoms with van der Waals surface area (Å²) in [4.78, 5) is 0. The first-order chi connectivity index (χ1) is 6.53. The molecule has 0 saturated heterocycles. The van der Waals surface area contributed by atoms with Crippen molar-refractivity contribution in [3.8, 4) is 0 Å². The SMILES string of the molecule is CS(=O)(=O)NCC1CCCCC1CBr. The standard InChI is InChI=1S/C9H18BrNO2S/c1-14(12,13)11-7-9-5-3-2-4-8(9)6-10/h8-9,11H,2-7H2,1H3. The minimum absolute atomic E-state index is 0.512. The molecular weight excluding hydrogens is 266 g/mol. The molecule has 0 heterocycles. The predicted octanol–water partition coefficient (Wildman–Crippen LogP) is 1.74. The summed E-state index contributed by atoms with van der Waals surface area (Å²) in [5.74, 6) is 1.15. The van der Waals surface area contributed by atoms with Gasteiger partial charge in [-0.3, -0.25) is 0 Å². The minimum atomic E-state index is -3.02. The molecule has 0 spiro atoms. The van der Waals surface area contributed by atoms with E-state index in [1.54, 1.807) is 0 Å². The van der Waals surface area contributed by atoms with Crippen LogP contribution < -0.4 is 4.72 Å². The van der Waals surface area contributed by atoms with E-state index in [1.165, 1.54) is 25.5 Å². The Morgan fingerprint density at radius 3 is 2.36 bits per heavy atom. The molecule has 0 aromatic heterocycles. The molecule has 0 aromatic rings. The third-order valence-corrected chi connectivity index (χ3v) is 4.40. The summed E-state index contributed by atoms with van der Waals surface area (Å²) >= 11 is 3.49. The Hall–Kier alpha value is 0.390. The van der Waals surface area contributed by atoms with Crippen LogP contribution in [0.1, 0.15) is 25.7 Å². The molecule has 1 fully saturated rings. The van der Waals surface area contributed by atoms with Crippen molar-refractivity contribution in [3.05, 3.63) is 0 Å². The Morgan fingerprint density at radius 2 is 1.86 bits per heavy atom. The first-order valence-electron chi connectivity index (χ1n) is 5.03. The summed E-state index contributed by atoms with van der Waals surface area (Å²) in [7, 11) is -3.02. The molecule has 1 saturated carbocycles. The second-order valence-corrected chi connectivity index (χ2v) is 6.56. The van der Waals surface area contributed by atoms with Crippen molar-refractivity contribution < 1.29 is 8.42 Å². The number of rotatable bonds is 4. The van der Waals surface area contributed by atoms with Crippen molar-refractivity contribution in [1.82, 2.24) is 4.72 Å². The van der Waals surface area contributed by atoms with Crippen molar-refractivity contribution in [1.29, 1.82) is 0 Å². The van der Waals surface area contributed by atoms with Crippen molar-refractivity contribution in [3.63, 3.8) is 0 Å². The van der Waals surface area contributed by atoms with Gasteiger partial charge in [0.25, 0.3) is 0 Å². The lowest BCUT2D eigenvalue weighted by Crippen LogP contribution is -2.34. The average molecular weight is 284 g/mol. The van der Waals surface area contributed by atoms with E-state index in [1.807, 2.05) is 0 Å². The lowest BCUT2D eigenvalue weighted by atomic mass is 9.80. The molecule has 1 aliphatic rings. The third kappa shape index (κ3) is 4.28. The predicted molar refractivity (Wildman–Crippen MR) is 62.1 cm³/mol. The van der Waals surface area contributed by atoms with Crippen LogP contribution in [-0.2, 0) is 10.0 Å². The van der Waals surface area contributed by atoms with Gasteiger partial charge in [0.1, 0.15) is 0 Å². The van der Waals surface area contributed by atoms with Gasteiger partial charge < -0.3 is 0 Å². The van der Waals surface area contributed by atoms with Gasteiger partial charge in [-0.05, 0) is 24.7 Å². The van der Waals surface area contributed by atoms with Crippen LogP contribution >= 0.6 is 15.9 Å². The van der Waals surface area contributed by atoms with Crippen LogP contribution in [0.3, 0.4) is 0 Å². The Balaban J connectivity index is 2.41. The lowest BCUT2D eigenvalue weighted by Gasteiger charge is -2.30. The van der Waals surface area contributed by atoms with Gasteiger partial charge in [0.2, 0.25) is 10.0 Å². The van der Waals surface area contributed by atoms with E-state index in [-0.39, 0.29) is 0 Å². The van der Waals surface area contributed by atoms with Crippen LogP contribution in [0.15, 0.2) is 0 Å². The number of hydrogen-bond donors (Lipinski definition) is 1. The van der Waals surface area contributed by atoms with E-state index in [9.17, 15) is 8.42 Å². The second kappa shape index (κ2) is 5.47. The van der Waals surface area contributed by atoms with Crippen molar-refractivity contribution in [2.45, 2.75) is 25.7 Å². The Labute approximate surface area is 94.8 Å². The minimum Gasteiger partial charge on any atom is -0.215 e. The molecule has 0 bridgehead atoms. The third-order valence-electron chi connectivity index (χ3n) is 2.87. The lowest BCUT2D eigenvalue weighted by molar-refractivity contribution is 0.263. The van der Waals surface area contributed by atoms with E-state index in [2.05, 4.69) is 20.7 Å². The average Bonchev–Trinajstić information content (AvgIpc) is 2.14. The van der Waals surface area contributed by atoms with Gasteiger partial charge in [-0.25, -0.2) is 13.1 Å². The van der Waals surface area contributed by atoms with Gasteiger partial charge >= 0.3 is 0 Å². The zero-order valence-electron chi connectivity index (χ0n) is 8.50. The van der Waals surface area contributed by atoms with Crippen LogP contribution in [0, 0.1) is 11.8 Å². The molecular formula is C9H18BrNO2S. The van der Waals surface area contributed by atoms with Crippen LogP contribution in [0.4, 0.5) is 0 Å². The number of nitrogens with one attached hydrogen (secondary N) is 1. The Kier molecular flexibility index (Phi) is 4.87. The highest BCUT2D eigenvalue weighted by Crippen LogP contribution is 2.30. The van der Waals surface area contributed by atoms with Crippen molar-refractivity contribution >= 4 is 26.0 Å². The number of halogens is 1. The molecule has 84 valence electrons. The van der Waals surface area contributed by atoms with Crippen LogP contribution in [0.5, 0.6) is 0 Å². The van der Waals surface area contributed by atoms with Gasteiger partial charge in [-0.2, -0.15) is 0 Å². The first-order valence-corrected chi connectivity index (χ1v) is 8.05. The zero-order chi connectivity index (χ0) is 10.6. The first kappa shape index (κ1) is 12.5. The topological polar surface area (TPSA) is 46.2 Å². The Bertz CT molecular complexity index is 266. The highest BCUT2D eigenvalue weighted by atomic mass is 79.9. The van der Waals surface area contributed by atoms with E-state index in [0.29, 0.717) is 18.4 Å². The normalized spacial score (nSPS) is 29.0. The molecule has 0 aromatic carbocycles. The van der Waals surface area contributed by atoms with Gasteiger partial charge in [0.05, 0.1) is 6.26 Å². The van der Waals surface area contributed by atoms with Gasteiger partial charge in [0, 0.05) is 11.9 Å². The molecule has 0 radical (unpaired) electrons. The monoisotopic (exact) mass is 283 g/mol. The fourth-order valence-corrected chi connectivity index (χ4v) is 3.38. The summed E-state index contributed by atoms with van der Waals surface area (Å²) in [6.45, 7) is 0.606. The molecule has 0 amide bonds. The molecule has 1 rings (SSSR count). The van der Waals surface area contributed by atoms with Crippen molar-refractivity contribution in [2.75, 3.05) is 18.1 Å². The highest BCUT2D eigenvalue weighted by Gasteiger charge is 2.24. The maximum Gasteiger partial charge on any atom is 0.208 e. The largest absolute Gasteiger partial charge is 0.215 e. The second-order valence-electron chi connectivity index (χ2n) is 4.08. The smallest absolute Gasteiger partial charge is 0.208 e. The van der Waals surface area contributed by atoms with Crippen molar-refractivity contribution in [2.24, 2.45) is 11.8 Å². The summed E-state index contributed by atoms with van der Waals surface area (Å²) in [5, 5.41) is 0.989. The fourth-order valence-electron chi connectivity index (χ4n) is 2.01. The number of alkyl halides is 1. The fraction of sp³-hybridized carbons (Fsp3) is 1.00. The molecule has 1 N–H and O–H groups in total. The molecule has 0 aliphatic heterocycles. The Morgan fingerprint density at radius 1 is 1.29 bits per heavy atom. The molecule has 5 heteroatoms. The van der Waals surface area contributed by atoms with Gasteiger partial charge in [-0.1, -0.05) is 28.8 Å². The summed E-state index contributed by atoms with van der Waals surface area (Å²) in [5.41, 5.74) is 0. The van der Waals surface area contributed by atoms with Crippen LogP contribution in [0.25, 0.3) is 0 Å². The van der Waals surface area contributed by atoms with E-state index in [4.69, 9.17) is 0 Å². The van der Waals surface area contributed by atoms with Crippen LogP contribution in [-0.4, -0.2) is 26.5 Å². The van der Waals surface area contributed by atoms with Gasteiger partial charge in [0.15, 0.2) is 0 Å². The number of sulfonamides is 1. The maximum atomic E-state index is 10.9. The summed E-state index contributed by atoms with van der Waals surface area (Å²) < 4.78 is 24.5. The quantitative estimate of drug-likeness (QED) is 0.799.